The SMILES string of the molecule is N#CCCn1cnc2ncnc(Cl)c21. The summed E-state index contributed by atoms with van der Waals surface area (Å²) in [7, 11) is 0. The third-order valence-electron chi connectivity index (χ3n) is 1.83. The Morgan fingerprint density at radius 3 is 3.07 bits per heavy atom. The quantitative estimate of drug-likeness (QED) is 0.698. The van der Waals surface area contributed by atoms with Crippen molar-refractivity contribution in [3.8, 4) is 6.07 Å². The van der Waals surface area contributed by atoms with E-state index in [1.54, 1.807) is 10.9 Å². The van der Waals surface area contributed by atoms with Crippen molar-refractivity contribution in [1.29, 1.82) is 5.26 Å². The number of hydrogen-bond donors (Lipinski definition) is 0. The van der Waals surface area contributed by atoms with Crippen LogP contribution in [0.15, 0.2) is 12.7 Å². The molecule has 0 fully saturated rings. The summed E-state index contributed by atoms with van der Waals surface area (Å²) >= 11 is 5.89. The first-order valence-corrected chi connectivity index (χ1v) is 4.39. The molecule has 2 aromatic rings. The van der Waals surface area contributed by atoms with Gasteiger partial charge in [-0.3, -0.25) is 0 Å². The number of hydrogen-bond acceptors (Lipinski definition) is 4. The molecule has 0 aromatic carbocycles. The van der Waals surface area contributed by atoms with Gasteiger partial charge in [0.15, 0.2) is 10.8 Å². The Bertz CT molecular complexity index is 498. The van der Waals surface area contributed by atoms with Gasteiger partial charge in [0.05, 0.1) is 18.8 Å². The number of halogens is 1. The lowest BCUT2D eigenvalue weighted by molar-refractivity contribution is 0.735. The van der Waals surface area contributed by atoms with E-state index in [9.17, 15) is 0 Å². The zero-order chi connectivity index (χ0) is 9.97. The first-order valence-electron chi connectivity index (χ1n) is 4.01. The zero-order valence-electron chi connectivity index (χ0n) is 7.18. The van der Waals surface area contributed by atoms with E-state index in [-0.39, 0.29) is 0 Å². The Labute approximate surface area is 85.0 Å². The number of rotatable bonds is 2. The van der Waals surface area contributed by atoms with E-state index < -0.39 is 0 Å². The smallest absolute Gasteiger partial charge is 0.182 e. The summed E-state index contributed by atoms with van der Waals surface area (Å²) in [6.45, 7) is 0.556. The molecule has 0 N–H and O–H groups in total. The summed E-state index contributed by atoms with van der Waals surface area (Å²) in [5, 5.41) is 8.82. The predicted molar refractivity (Wildman–Crippen MR) is 50.6 cm³/mol. The molecule has 0 aliphatic heterocycles. The lowest BCUT2D eigenvalue weighted by Crippen LogP contribution is -1.96. The Hall–Kier alpha value is -1.67. The van der Waals surface area contributed by atoms with Gasteiger partial charge in [0.2, 0.25) is 0 Å². The molecule has 14 heavy (non-hydrogen) atoms. The van der Waals surface area contributed by atoms with Gasteiger partial charge in [-0.1, -0.05) is 11.6 Å². The number of aromatic nitrogens is 4. The van der Waals surface area contributed by atoms with Crippen LogP contribution >= 0.6 is 11.6 Å². The van der Waals surface area contributed by atoms with Crippen molar-refractivity contribution in [2.24, 2.45) is 0 Å². The van der Waals surface area contributed by atoms with Gasteiger partial charge in [0.25, 0.3) is 0 Å². The van der Waals surface area contributed by atoms with Gasteiger partial charge < -0.3 is 4.57 Å². The average Bonchev–Trinajstić information content (AvgIpc) is 2.59. The van der Waals surface area contributed by atoms with E-state index in [0.717, 1.165) is 0 Å². The average molecular weight is 208 g/mol. The maximum absolute atomic E-state index is 8.46. The van der Waals surface area contributed by atoms with Gasteiger partial charge >= 0.3 is 0 Å². The van der Waals surface area contributed by atoms with Crippen LogP contribution in [-0.4, -0.2) is 19.5 Å². The van der Waals surface area contributed by atoms with Crippen molar-refractivity contribution < 1.29 is 0 Å². The lowest BCUT2D eigenvalue weighted by Gasteiger charge is -1.99. The molecule has 0 atom stereocenters. The first kappa shape index (κ1) is 8.91. The van der Waals surface area contributed by atoms with Crippen LogP contribution in [0.3, 0.4) is 0 Å². The first-order chi connectivity index (χ1) is 6.83. The Morgan fingerprint density at radius 1 is 1.43 bits per heavy atom. The van der Waals surface area contributed by atoms with Gasteiger partial charge in [-0.2, -0.15) is 5.26 Å². The minimum atomic E-state index is 0.366. The van der Waals surface area contributed by atoms with Crippen molar-refractivity contribution in [2.75, 3.05) is 0 Å². The molecule has 6 heteroatoms. The van der Waals surface area contributed by atoms with Crippen LogP contribution in [0, 0.1) is 11.3 Å². The zero-order valence-corrected chi connectivity index (χ0v) is 7.94. The molecule has 2 rings (SSSR count). The van der Waals surface area contributed by atoms with Gasteiger partial charge in [-0.15, -0.1) is 0 Å². The molecule has 0 radical (unpaired) electrons. The van der Waals surface area contributed by atoms with Crippen LogP contribution in [0.2, 0.25) is 5.15 Å². The molecule has 70 valence electrons. The minimum absolute atomic E-state index is 0.366. The van der Waals surface area contributed by atoms with Crippen molar-refractivity contribution in [3.63, 3.8) is 0 Å². The third kappa shape index (κ3) is 1.40. The minimum Gasteiger partial charge on any atom is -0.326 e. The number of aryl methyl sites for hydroxylation is 1. The number of imidazole rings is 1. The highest BCUT2D eigenvalue weighted by Gasteiger charge is 2.07. The number of fused-ring (bicyclic) bond motifs is 1. The van der Waals surface area contributed by atoms with Crippen LogP contribution in [-0.2, 0) is 6.54 Å². The standard InChI is InChI=1S/C8H6ClN5/c9-7-6-8(12-4-11-7)13-5-14(6)3-1-2-10/h4-5H,1,3H2. The van der Waals surface area contributed by atoms with Crippen LogP contribution < -0.4 is 0 Å². The molecule has 0 aliphatic rings. The van der Waals surface area contributed by atoms with Gasteiger partial charge in [-0.25, -0.2) is 15.0 Å². The summed E-state index contributed by atoms with van der Waals surface area (Å²) < 4.78 is 1.78. The van der Waals surface area contributed by atoms with Crippen molar-refractivity contribution in [1.82, 2.24) is 19.5 Å². The Kier molecular flexibility index (Phi) is 2.29. The molecule has 0 aliphatic carbocycles. The highest BCUT2D eigenvalue weighted by Crippen LogP contribution is 2.17. The highest BCUT2D eigenvalue weighted by atomic mass is 35.5. The maximum atomic E-state index is 8.46. The van der Waals surface area contributed by atoms with Crippen LogP contribution in [0.1, 0.15) is 6.42 Å². The predicted octanol–water partition coefficient (Wildman–Crippen LogP) is 1.39. The fourth-order valence-corrected chi connectivity index (χ4v) is 1.45. The molecule has 0 amide bonds. The largest absolute Gasteiger partial charge is 0.326 e. The second-order valence-electron chi connectivity index (χ2n) is 2.68. The number of nitrogens with zero attached hydrogens (tertiary/aromatic N) is 5. The highest BCUT2D eigenvalue weighted by molar-refractivity contribution is 6.33. The summed E-state index contributed by atoms with van der Waals surface area (Å²) in [5.41, 5.74) is 1.24. The molecule has 0 bridgehead atoms. The van der Waals surface area contributed by atoms with Crippen LogP contribution in [0.4, 0.5) is 0 Å². The summed E-state index contributed by atoms with van der Waals surface area (Å²) in [6.07, 6.45) is 3.39. The van der Waals surface area contributed by atoms with E-state index in [2.05, 4.69) is 21.0 Å². The molecule has 0 unspecified atom stereocenters. The normalized spacial score (nSPS) is 10.3. The van der Waals surface area contributed by atoms with E-state index >= 15 is 0 Å². The lowest BCUT2D eigenvalue weighted by atomic mass is 10.4. The summed E-state index contributed by atoms with van der Waals surface area (Å²) in [5.74, 6) is 0. The molecular weight excluding hydrogens is 202 g/mol. The number of nitriles is 1. The van der Waals surface area contributed by atoms with Crippen LogP contribution in [0.25, 0.3) is 11.2 Å². The molecule has 2 heterocycles. The molecule has 0 saturated heterocycles. The van der Waals surface area contributed by atoms with Gasteiger partial charge in [-0.05, 0) is 0 Å². The topological polar surface area (TPSA) is 67.4 Å². The van der Waals surface area contributed by atoms with E-state index in [0.29, 0.717) is 29.3 Å². The molecular formula is C8H6ClN5. The maximum Gasteiger partial charge on any atom is 0.182 e. The second kappa shape index (κ2) is 3.60. The van der Waals surface area contributed by atoms with Gasteiger partial charge in [0, 0.05) is 6.54 Å². The van der Waals surface area contributed by atoms with E-state index in [1.165, 1.54) is 6.33 Å². The summed E-state index contributed by atoms with van der Waals surface area (Å²) in [4.78, 5) is 11.9. The Morgan fingerprint density at radius 2 is 2.29 bits per heavy atom. The molecule has 5 nitrogen and oxygen atoms in total. The molecule has 2 aromatic heterocycles. The second-order valence-corrected chi connectivity index (χ2v) is 3.04. The van der Waals surface area contributed by atoms with Crippen LogP contribution in [0.5, 0.6) is 0 Å². The van der Waals surface area contributed by atoms with E-state index in [1.807, 2.05) is 0 Å². The third-order valence-corrected chi connectivity index (χ3v) is 2.11. The summed E-state index contributed by atoms with van der Waals surface area (Å²) in [6, 6.07) is 2.06. The fourth-order valence-electron chi connectivity index (χ4n) is 1.21. The fraction of sp³-hybridized carbons (Fsp3) is 0.250. The Balaban J connectivity index is 2.51. The van der Waals surface area contributed by atoms with Crippen molar-refractivity contribution >= 4 is 22.8 Å². The van der Waals surface area contributed by atoms with Crippen molar-refractivity contribution in [3.05, 3.63) is 17.8 Å². The monoisotopic (exact) mass is 207 g/mol. The molecule has 0 spiro atoms. The van der Waals surface area contributed by atoms with E-state index in [4.69, 9.17) is 16.9 Å². The molecule has 0 saturated carbocycles. The van der Waals surface area contributed by atoms with Gasteiger partial charge in [0.1, 0.15) is 11.8 Å². The van der Waals surface area contributed by atoms with Crippen molar-refractivity contribution in [2.45, 2.75) is 13.0 Å².